The van der Waals surface area contributed by atoms with Crippen LogP contribution in [0, 0.1) is 0 Å². The van der Waals surface area contributed by atoms with Crippen molar-refractivity contribution >= 4 is 13.8 Å². The van der Waals surface area contributed by atoms with E-state index >= 15 is 0 Å². The number of aryl methyl sites for hydroxylation is 2. The molecule has 0 fully saturated rings. The van der Waals surface area contributed by atoms with Gasteiger partial charge in [-0.1, -0.05) is 88.3 Å². The topological polar surface area (TPSA) is 3.24 Å². The Bertz CT molecular complexity index is 720. The van der Waals surface area contributed by atoms with Gasteiger partial charge in [0.1, 0.15) is 8.24 Å². The van der Waals surface area contributed by atoms with Crippen molar-refractivity contribution in [3.05, 3.63) is 77.4 Å². The SMILES string of the molecule is C=C1c2cccc(c2)CCC[Si](C)(N(CC)CC)CCCc2cccc1c2. The van der Waals surface area contributed by atoms with Gasteiger partial charge in [0, 0.05) is 0 Å². The molecular weight excluding hydrogens is 342 g/mol. The Hall–Kier alpha value is -1.64. The molecule has 0 amide bonds. The summed E-state index contributed by atoms with van der Waals surface area (Å²) in [6, 6.07) is 20.9. The summed E-state index contributed by atoms with van der Waals surface area (Å²) >= 11 is 0. The summed E-state index contributed by atoms with van der Waals surface area (Å²) < 4.78 is 2.81. The molecule has 0 N–H and O–H groups in total. The van der Waals surface area contributed by atoms with E-state index in [0.717, 1.165) is 5.57 Å². The zero-order valence-electron chi connectivity index (χ0n) is 17.4. The lowest BCUT2D eigenvalue weighted by Gasteiger charge is -2.39. The fraction of sp³-hybridized carbons (Fsp3) is 0.440. The highest BCUT2D eigenvalue weighted by molar-refractivity contribution is 6.76. The Balaban J connectivity index is 1.93. The van der Waals surface area contributed by atoms with Crippen LogP contribution in [0.4, 0.5) is 0 Å². The molecule has 2 aromatic rings. The van der Waals surface area contributed by atoms with Crippen molar-refractivity contribution in [1.29, 1.82) is 0 Å². The zero-order chi connectivity index (χ0) is 19.3. The summed E-state index contributed by atoms with van der Waals surface area (Å²) in [5.74, 6) is 0. The Morgan fingerprint density at radius 1 is 0.852 bits per heavy atom. The van der Waals surface area contributed by atoms with Gasteiger partial charge < -0.3 is 4.57 Å². The maximum Gasteiger partial charge on any atom is 0.125 e. The Morgan fingerprint density at radius 2 is 1.33 bits per heavy atom. The minimum Gasteiger partial charge on any atom is -0.324 e. The van der Waals surface area contributed by atoms with Crippen molar-refractivity contribution in [3.8, 4) is 0 Å². The highest BCUT2D eigenvalue weighted by atomic mass is 28.3. The Kier molecular flexibility index (Phi) is 6.72. The monoisotopic (exact) mass is 377 g/mol. The van der Waals surface area contributed by atoms with E-state index in [4.69, 9.17) is 0 Å². The minimum atomic E-state index is -1.38. The molecule has 27 heavy (non-hydrogen) atoms. The van der Waals surface area contributed by atoms with Crippen molar-refractivity contribution in [1.82, 2.24) is 4.57 Å². The average molecular weight is 378 g/mol. The van der Waals surface area contributed by atoms with E-state index in [1.807, 2.05) is 0 Å². The summed E-state index contributed by atoms with van der Waals surface area (Å²) in [4.78, 5) is 0. The van der Waals surface area contributed by atoms with E-state index in [1.165, 1.54) is 73.1 Å². The molecule has 0 spiro atoms. The van der Waals surface area contributed by atoms with Gasteiger partial charge in [-0.15, -0.1) is 0 Å². The van der Waals surface area contributed by atoms with Crippen molar-refractivity contribution in [3.63, 3.8) is 0 Å². The van der Waals surface area contributed by atoms with E-state index in [1.54, 1.807) is 0 Å². The molecule has 4 bridgehead atoms. The molecule has 0 saturated heterocycles. The lowest BCUT2D eigenvalue weighted by atomic mass is 9.95. The number of nitrogens with zero attached hydrogens (tertiary/aromatic N) is 1. The molecule has 1 heterocycles. The van der Waals surface area contributed by atoms with Crippen LogP contribution in [0.25, 0.3) is 5.57 Å². The third-order valence-corrected chi connectivity index (χ3v) is 11.5. The van der Waals surface area contributed by atoms with Crippen molar-refractivity contribution < 1.29 is 0 Å². The van der Waals surface area contributed by atoms with E-state index in [-0.39, 0.29) is 0 Å². The standard InChI is InChI=1S/C25H35NSi/c1-5-26(6-2)27(4)17-9-13-22-11-7-15-24(19-22)21(3)25-16-8-12-23(20-25)14-10-18-27/h7-8,11-12,15-16,19-20H,3,5-6,9-10,13-14,17-18H2,1-2,4H3. The van der Waals surface area contributed by atoms with Crippen LogP contribution < -0.4 is 0 Å². The Labute approximate surface area is 167 Å². The highest BCUT2D eigenvalue weighted by Crippen LogP contribution is 2.29. The van der Waals surface area contributed by atoms with Crippen LogP contribution in [0.3, 0.4) is 0 Å². The minimum absolute atomic E-state index is 1.15. The van der Waals surface area contributed by atoms with Gasteiger partial charge in [-0.25, -0.2) is 0 Å². The van der Waals surface area contributed by atoms with Gasteiger partial charge in [-0.2, -0.15) is 0 Å². The molecule has 144 valence electrons. The number of rotatable bonds is 3. The fourth-order valence-electron chi connectivity index (χ4n) is 4.77. The number of fused-ring (bicyclic) bond motifs is 4. The molecule has 0 aliphatic carbocycles. The average Bonchev–Trinajstić information content (AvgIpc) is 2.68. The lowest BCUT2D eigenvalue weighted by Crippen LogP contribution is -2.50. The van der Waals surface area contributed by atoms with Crippen molar-refractivity contribution in [2.45, 2.75) is 58.2 Å². The molecule has 0 aromatic heterocycles. The lowest BCUT2D eigenvalue weighted by molar-refractivity contribution is 0.455. The predicted octanol–water partition coefficient (Wildman–Crippen LogP) is 6.54. The van der Waals surface area contributed by atoms with Crippen molar-refractivity contribution in [2.24, 2.45) is 0 Å². The van der Waals surface area contributed by atoms with Gasteiger partial charge in [-0.05, 0) is 65.8 Å². The van der Waals surface area contributed by atoms with E-state index < -0.39 is 8.24 Å². The normalized spacial score (nSPS) is 17.6. The van der Waals surface area contributed by atoms with E-state index in [9.17, 15) is 0 Å². The second-order valence-electron chi connectivity index (χ2n) is 8.26. The summed E-state index contributed by atoms with van der Waals surface area (Å²) in [5, 5.41) is 0. The van der Waals surface area contributed by atoms with Gasteiger partial charge in [0.15, 0.2) is 0 Å². The summed E-state index contributed by atoms with van der Waals surface area (Å²) in [6.45, 7) is 14.1. The molecule has 0 saturated carbocycles. The zero-order valence-corrected chi connectivity index (χ0v) is 18.4. The van der Waals surface area contributed by atoms with Crippen LogP contribution in [-0.4, -0.2) is 25.9 Å². The molecule has 2 aromatic carbocycles. The summed E-state index contributed by atoms with van der Waals surface area (Å²) in [5.41, 5.74) is 6.60. The first kappa shape index (κ1) is 20.1. The van der Waals surface area contributed by atoms with Crippen LogP contribution in [0.15, 0.2) is 55.1 Å². The number of benzene rings is 2. The summed E-state index contributed by atoms with van der Waals surface area (Å²) in [7, 11) is -1.38. The first-order valence-corrected chi connectivity index (χ1v) is 13.5. The highest BCUT2D eigenvalue weighted by Gasteiger charge is 2.31. The molecule has 0 unspecified atom stereocenters. The molecule has 0 atom stereocenters. The van der Waals surface area contributed by atoms with E-state index in [2.05, 4.69) is 80.1 Å². The molecule has 1 aliphatic rings. The molecule has 0 radical (unpaired) electrons. The van der Waals surface area contributed by atoms with E-state index in [0.29, 0.717) is 0 Å². The Morgan fingerprint density at radius 3 is 1.78 bits per heavy atom. The van der Waals surface area contributed by atoms with Gasteiger partial charge in [-0.3, -0.25) is 0 Å². The second kappa shape index (κ2) is 9.03. The maximum absolute atomic E-state index is 4.40. The first-order chi connectivity index (χ1) is 13.1. The largest absolute Gasteiger partial charge is 0.324 e. The molecule has 2 heteroatoms. The third kappa shape index (κ3) is 4.80. The third-order valence-electron chi connectivity index (χ3n) is 6.44. The maximum atomic E-state index is 4.40. The first-order valence-electron chi connectivity index (χ1n) is 10.7. The van der Waals surface area contributed by atoms with Gasteiger partial charge in [0.05, 0.1) is 0 Å². The number of hydrogen-bond acceptors (Lipinski definition) is 1. The van der Waals surface area contributed by atoms with Crippen LogP contribution in [0.5, 0.6) is 0 Å². The number of hydrogen-bond donors (Lipinski definition) is 0. The van der Waals surface area contributed by atoms with Crippen LogP contribution in [0.1, 0.15) is 48.9 Å². The second-order valence-corrected chi connectivity index (χ2v) is 12.9. The van der Waals surface area contributed by atoms with Gasteiger partial charge in [0.2, 0.25) is 0 Å². The molecular formula is C25H35NSi. The quantitative estimate of drug-likeness (QED) is 0.549. The fourth-order valence-corrected chi connectivity index (χ4v) is 9.06. The van der Waals surface area contributed by atoms with Crippen LogP contribution in [0.2, 0.25) is 18.6 Å². The molecule has 3 rings (SSSR count). The molecule has 1 nitrogen and oxygen atoms in total. The summed E-state index contributed by atoms with van der Waals surface area (Å²) in [6.07, 6.45) is 4.98. The van der Waals surface area contributed by atoms with Gasteiger partial charge in [0.25, 0.3) is 0 Å². The predicted molar refractivity (Wildman–Crippen MR) is 122 cm³/mol. The molecule has 1 aliphatic heterocycles. The van der Waals surface area contributed by atoms with Crippen LogP contribution in [-0.2, 0) is 12.8 Å². The smallest absolute Gasteiger partial charge is 0.125 e. The van der Waals surface area contributed by atoms with Crippen LogP contribution >= 0.6 is 0 Å². The van der Waals surface area contributed by atoms with Crippen molar-refractivity contribution in [2.75, 3.05) is 13.1 Å². The van der Waals surface area contributed by atoms with Gasteiger partial charge >= 0.3 is 0 Å².